The Bertz CT molecular complexity index is 1390. The van der Waals surface area contributed by atoms with Crippen LogP contribution in [-0.4, -0.2) is 56.2 Å². The van der Waals surface area contributed by atoms with E-state index in [1.54, 1.807) is 30.5 Å². The predicted molar refractivity (Wildman–Crippen MR) is 130 cm³/mol. The van der Waals surface area contributed by atoms with E-state index >= 15 is 0 Å². The molecule has 0 bridgehead atoms. The highest BCUT2D eigenvalue weighted by atomic mass is 35.5. The number of aliphatic hydroxyl groups excluding tert-OH is 1. The SMILES string of the molecule is O=C1S/C(=C\c2ccc3c(cnn3Cc3ccc(Cl)cc3C(F)(F)F)c2)C(=O)N1C[C@@H]1C[C@H](O)CN1. The number of amides is 2. The van der Waals surface area contributed by atoms with Crippen molar-refractivity contribution in [3.63, 3.8) is 0 Å². The zero-order chi connectivity index (χ0) is 25.6. The van der Waals surface area contributed by atoms with Crippen LogP contribution in [0.5, 0.6) is 0 Å². The minimum Gasteiger partial charge on any atom is -0.392 e. The Balaban J connectivity index is 1.36. The second kappa shape index (κ2) is 9.55. The van der Waals surface area contributed by atoms with Crippen molar-refractivity contribution in [3.8, 4) is 0 Å². The van der Waals surface area contributed by atoms with Gasteiger partial charge in [0.05, 0.1) is 34.8 Å². The molecule has 0 spiro atoms. The average Bonchev–Trinajstić information content (AvgIpc) is 3.48. The number of aliphatic hydroxyl groups is 1. The number of hydrogen-bond donors (Lipinski definition) is 2. The van der Waals surface area contributed by atoms with Gasteiger partial charge in [-0.1, -0.05) is 23.7 Å². The molecule has 2 amide bonds. The molecule has 2 saturated heterocycles. The molecule has 2 N–H and O–H groups in total. The number of nitrogens with one attached hydrogen (secondary N) is 1. The van der Waals surface area contributed by atoms with Gasteiger partial charge in [-0.2, -0.15) is 18.3 Å². The Labute approximate surface area is 212 Å². The molecule has 2 aliphatic rings. The van der Waals surface area contributed by atoms with Crippen LogP contribution in [0.2, 0.25) is 5.02 Å². The van der Waals surface area contributed by atoms with Gasteiger partial charge in [-0.05, 0) is 59.7 Å². The Morgan fingerprint density at radius 1 is 1.22 bits per heavy atom. The number of β-amino-alcohol motifs (C(OH)–C–C–N with tert-alkyl or cyclic N) is 1. The van der Waals surface area contributed by atoms with Crippen LogP contribution in [0, 0.1) is 0 Å². The molecule has 0 radical (unpaired) electrons. The summed E-state index contributed by atoms with van der Waals surface area (Å²) in [6.45, 7) is 0.521. The van der Waals surface area contributed by atoms with E-state index in [4.69, 9.17) is 11.6 Å². The quantitative estimate of drug-likeness (QED) is 0.466. The van der Waals surface area contributed by atoms with Gasteiger partial charge in [-0.3, -0.25) is 19.2 Å². The molecule has 0 saturated carbocycles. The van der Waals surface area contributed by atoms with Crippen molar-refractivity contribution in [2.45, 2.75) is 31.3 Å². The summed E-state index contributed by atoms with van der Waals surface area (Å²) in [6.07, 6.45) is -1.41. The number of nitrogens with zero attached hydrogens (tertiary/aromatic N) is 3. The van der Waals surface area contributed by atoms with Crippen LogP contribution in [0.25, 0.3) is 17.0 Å². The number of rotatable bonds is 5. The largest absolute Gasteiger partial charge is 0.416 e. The summed E-state index contributed by atoms with van der Waals surface area (Å²) in [7, 11) is 0. The molecule has 12 heteroatoms. The van der Waals surface area contributed by atoms with Gasteiger partial charge in [0.25, 0.3) is 11.1 Å². The standard InChI is InChI=1S/C24H20ClF3N4O3S/c25-16-3-2-14(19(7-16)24(26,27)28)11-32-20-4-1-13(5-15(20)9-30-32)6-21-22(34)31(23(35)36-21)12-17-8-18(33)10-29-17/h1-7,9,17-18,29,33H,8,10-12H2/b21-6-/t17-,18-/m0/s1. The number of alkyl halides is 3. The highest BCUT2D eigenvalue weighted by molar-refractivity contribution is 8.18. The number of benzene rings is 2. The molecule has 2 fully saturated rings. The zero-order valence-electron chi connectivity index (χ0n) is 18.6. The Morgan fingerprint density at radius 2 is 2.03 bits per heavy atom. The lowest BCUT2D eigenvalue weighted by Crippen LogP contribution is -2.39. The zero-order valence-corrected chi connectivity index (χ0v) is 20.2. The van der Waals surface area contributed by atoms with Crippen molar-refractivity contribution < 1.29 is 27.9 Å². The third kappa shape index (κ3) is 5.01. The van der Waals surface area contributed by atoms with E-state index < -0.39 is 23.8 Å². The van der Waals surface area contributed by atoms with Crippen molar-refractivity contribution in [3.05, 3.63) is 69.2 Å². The number of carbonyl (C=O) groups excluding carboxylic acids is 2. The third-order valence-corrected chi connectivity index (χ3v) is 7.28. The Kier molecular flexibility index (Phi) is 6.58. The van der Waals surface area contributed by atoms with E-state index in [9.17, 15) is 27.9 Å². The predicted octanol–water partition coefficient (Wildman–Crippen LogP) is 4.52. The lowest BCUT2D eigenvalue weighted by molar-refractivity contribution is -0.138. The molecule has 2 atom stereocenters. The molecule has 7 nitrogen and oxygen atoms in total. The smallest absolute Gasteiger partial charge is 0.392 e. The van der Waals surface area contributed by atoms with Gasteiger partial charge in [-0.25, -0.2) is 0 Å². The molecular weight excluding hydrogens is 517 g/mol. The van der Waals surface area contributed by atoms with Crippen molar-refractivity contribution in [2.75, 3.05) is 13.1 Å². The number of thioether (sulfide) groups is 1. The molecule has 3 heterocycles. The van der Waals surface area contributed by atoms with Crippen molar-refractivity contribution >= 4 is 51.5 Å². The van der Waals surface area contributed by atoms with Gasteiger partial charge in [0.15, 0.2) is 0 Å². The van der Waals surface area contributed by atoms with E-state index in [0.29, 0.717) is 29.4 Å². The van der Waals surface area contributed by atoms with Crippen LogP contribution in [0.15, 0.2) is 47.5 Å². The molecule has 36 heavy (non-hydrogen) atoms. The van der Waals surface area contributed by atoms with Crippen LogP contribution in [0.1, 0.15) is 23.1 Å². The fraction of sp³-hybridized carbons (Fsp3) is 0.292. The molecule has 3 aromatic rings. The number of halogens is 4. The van der Waals surface area contributed by atoms with Crippen LogP contribution in [0.3, 0.4) is 0 Å². The summed E-state index contributed by atoms with van der Waals surface area (Å²) in [5.74, 6) is -0.397. The summed E-state index contributed by atoms with van der Waals surface area (Å²) in [5, 5.41) is 17.3. The highest BCUT2D eigenvalue weighted by Gasteiger charge is 2.38. The van der Waals surface area contributed by atoms with Crippen molar-refractivity contribution in [2.24, 2.45) is 0 Å². The van der Waals surface area contributed by atoms with E-state index in [1.807, 2.05) is 0 Å². The van der Waals surface area contributed by atoms with Gasteiger partial charge in [0.1, 0.15) is 0 Å². The van der Waals surface area contributed by atoms with Gasteiger partial charge >= 0.3 is 6.18 Å². The van der Waals surface area contributed by atoms with Gasteiger partial charge in [0.2, 0.25) is 0 Å². The maximum atomic E-state index is 13.5. The molecule has 0 aliphatic carbocycles. The van der Waals surface area contributed by atoms with E-state index in [1.165, 1.54) is 21.7 Å². The Hall–Kier alpha value is -2.86. The summed E-state index contributed by atoms with van der Waals surface area (Å²) in [6, 6.07) is 8.70. The summed E-state index contributed by atoms with van der Waals surface area (Å²) in [4.78, 5) is 26.7. The van der Waals surface area contributed by atoms with Gasteiger partial charge in [0, 0.05) is 29.5 Å². The van der Waals surface area contributed by atoms with Gasteiger partial charge < -0.3 is 10.4 Å². The highest BCUT2D eigenvalue weighted by Crippen LogP contribution is 2.35. The third-order valence-electron chi connectivity index (χ3n) is 6.14. The van der Waals surface area contributed by atoms with E-state index in [-0.39, 0.29) is 39.9 Å². The minimum atomic E-state index is -4.55. The summed E-state index contributed by atoms with van der Waals surface area (Å²) >= 11 is 6.62. The number of aromatic nitrogens is 2. The molecular formula is C24H20ClF3N4O3S. The van der Waals surface area contributed by atoms with E-state index in [0.717, 1.165) is 17.8 Å². The number of hydrogen-bond acceptors (Lipinski definition) is 6. The van der Waals surface area contributed by atoms with E-state index in [2.05, 4.69) is 10.4 Å². The summed E-state index contributed by atoms with van der Waals surface area (Å²) in [5.41, 5.74) is 0.505. The first-order valence-corrected chi connectivity index (χ1v) is 12.3. The molecule has 1 aromatic heterocycles. The second-order valence-corrected chi connectivity index (χ2v) is 10.1. The first-order valence-electron chi connectivity index (χ1n) is 11.1. The van der Waals surface area contributed by atoms with Crippen molar-refractivity contribution in [1.82, 2.24) is 20.0 Å². The first kappa shape index (κ1) is 24.8. The lowest BCUT2D eigenvalue weighted by Gasteiger charge is -2.17. The normalized spacial score (nSPS) is 21.9. The summed E-state index contributed by atoms with van der Waals surface area (Å²) < 4.78 is 41.9. The molecule has 0 unspecified atom stereocenters. The topological polar surface area (TPSA) is 87.5 Å². The lowest BCUT2D eigenvalue weighted by atomic mass is 10.1. The fourth-order valence-corrected chi connectivity index (χ4v) is 5.42. The molecule has 2 aliphatic heterocycles. The number of imide groups is 1. The maximum absolute atomic E-state index is 13.5. The number of fused-ring (bicyclic) bond motifs is 1. The average molecular weight is 537 g/mol. The molecule has 5 rings (SSSR count). The van der Waals surface area contributed by atoms with Crippen LogP contribution in [-0.2, 0) is 17.5 Å². The molecule has 2 aromatic carbocycles. The van der Waals surface area contributed by atoms with Crippen LogP contribution >= 0.6 is 23.4 Å². The number of carbonyl (C=O) groups is 2. The van der Waals surface area contributed by atoms with Crippen molar-refractivity contribution in [1.29, 1.82) is 0 Å². The molecule has 188 valence electrons. The Morgan fingerprint density at radius 3 is 2.75 bits per heavy atom. The minimum absolute atomic E-state index is 0.00236. The monoisotopic (exact) mass is 536 g/mol. The first-order chi connectivity index (χ1) is 17.1. The maximum Gasteiger partial charge on any atom is 0.416 e. The fourth-order valence-electron chi connectivity index (χ4n) is 4.40. The van der Waals surface area contributed by atoms with Gasteiger partial charge in [-0.15, -0.1) is 0 Å². The van der Waals surface area contributed by atoms with Crippen LogP contribution in [0.4, 0.5) is 18.0 Å². The van der Waals surface area contributed by atoms with Crippen LogP contribution < -0.4 is 5.32 Å². The second-order valence-electron chi connectivity index (χ2n) is 8.71.